The van der Waals surface area contributed by atoms with Gasteiger partial charge in [-0.2, -0.15) is 0 Å². The third-order valence-corrected chi connectivity index (χ3v) is 3.56. The van der Waals surface area contributed by atoms with Crippen LogP contribution in [0.15, 0.2) is 59.1 Å². The Kier molecular flexibility index (Phi) is 4.94. The molecule has 7 heteroatoms. The number of amides is 2. The Morgan fingerprint density at radius 1 is 1.04 bits per heavy atom. The number of aromatic nitrogens is 1. The maximum absolute atomic E-state index is 13.7. The van der Waals surface area contributed by atoms with Crippen molar-refractivity contribution in [1.82, 2.24) is 15.8 Å². The van der Waals surface area contributed by atoms with Crippen LogP contribution in [0.2, 0.25) is 0 Å². The number of hydrazine groups is 1. The summed E-state index contributed by atoms with van der Waals surface area (Å²) in [7, 11) is 0. The van der Waals surface area contributed by atoms with Crippen LogP contribution < -0.4 is 10.9 Å². The highest BCUT2D eigenvalue weighted by Crippen LogP contribution is 2.25. The molecule has 0 saturated heterocycles. The number of nitrogens with one attached hydrogen (secondary N) is 3. The summed E-state index contributed by atoms with van der Waals surface area (Å²) in [6.45, 7) is 0. The molecule has 3 rings (SSSR count). The lowest BCUT2D eigenvalue weighted by Gasteiger charge is -2.05. The van der Waals surface area contributed by atoms with Crippen LogP contribution in [0.1, 0.15) is 22.7 Å². The Bertz CT molecular complexity index is 871. The monoisotopic (exact) mass is 341 g/mol. The van der Waals surface area contributed by atoms with Gasteiger partial charge in [0.05, 0.1) is 5.56 Å². The molecule has 2 amide bonds. The first kappa shape index (κ1) is 16.5. The van der Waals surface area contributed by atoms with E-state index in [9.17, 15) is 14.0 Å². The molecule has 0 aliphatic heterocycles. The van der Waals surface area contributed by atoms with Crippen molar-refractivity contribution in [3.05, 3.63) is 72.0 Å². The molecular weight excluding hydrogens is 325 g/mol. The molecule has 2 aromatic heterocycles. The Morgan fingerprint density at radius 3 is 2.64 bits per heavy atom. The van der Waals surface area contributed by atoms with Crippen LogP contribution in [0.4, 0.5) is 4.39 Å². The average molecular weight is 341 g/mol. The fraction of sp³-hybridized carbons (Fsp3) is 0.111. The van der Waals surface area contributed by atoms with E-state index in [0.29, 0.717) is 29.2 Å². The largest absolute Gasteiger partial charge is 0.461 e. The van der Waals surface area contributed by atoms with Gasteiger partial charge in [0.15, 0.2) is 0 Å². The summed E-state index contributed by atoms with van der Waals surface area (Å²) in [6, 6.07) is 13.0. The summed E-state index contributed by atoms with van der Waals surface area (Å²) < 4.78 is 19.3. The third kappa shape index (κ3) is 4.14. The number of benzene rings is 1. The molecule has 128 valence electrons. The summed E-state index contributed by atoms with van der Waals surface area (Å²) >= 11 is 0. The molecule has 25 heavy (non-hydrogen) atoms. The van der Waals surface area contributed by atoms with Crippen molar-refractivity contribution >= 4 is 11.8 Å². The number of carbonyl (C=O) groups is 2. The minimum absolute atomic E-state index is 0.120. The standard InChI is InChI=1S/C18H16FN3O3/c19-14-5-2-1-4-13(14)16-9-7-12(25-16)8-10-17(23)21-22-18(24)15-6-3-11-20-15/h1-7,9,11,20H,8,10H2,(H,21,23)(H,22,24). The van der Waals surface area contributed by atoms with E-state index in [2.05, 4.69) is 15.8 Å². The van der Waals surface area contributed by atoms with Crippen molar-refractivity contribution in [2.45, 2.75) is 12.8 Å². The van der Waals surface area contributed by atoms with Crippen LogP contribution in [0.5, 0.6) is 0 Å². The number of hydrogen-bond donors (Lipinski definition) is 3. The number of furan rings is 1. The average Bonchev–Trinajstić information content (AvgIpc) is 3.30. The van der Waals surface area contributed by atoms with Gasteiger partial charge in [-0.25, -0.2) is 4.39 Å². The van der Waals surface area contributed by atoms with Gasteiger partial charge in [0, 0.05) is 19.0 Å². The van der Waals surface area contributed by atoms with Gasteiger partial charge in [-0.05, 0) is 36.4 Å². The van der Waals surface area contributed by atoms with Crippen molar-refractivity contribution in [1.29, 1.82) is 0 Å². The van der Waals surface area contributed by atoms with Crippen LogP contribution in [-0.2, 0) is 11.2 Å². The molecule has 0 saturated carbocycles. The number of halogens is 1. The molecule has 1 aromatic carbocycles. The minimum atomic E-state index is -0.432. The summed E-state index contributed by atoms with van der Waals surface area (Å²) in [5.74, 6) is -0.187. The van der Waals surface area contributed by atoms with Crippen molar-refractivity contribution < 1.29 is 18.4 Å². The van der Waals surface area contributed by atoms with Gasteiger partial charge in [0.25, 0.3) is 5.91 Å². The zero-order chi connectivity index (χ0) is 17.6. The van der Waals surface area contributed by atoms with Gasteiger partial charge in [-0.1, -0.05) is 12.1 Å². The van der Waals surface area contributed by atoms with Crippen molar-refractivity contribution in [3.8, 4) is 11.3 Å². The first-order chi connectivity index (χ1) is 12.1. The molecule has 3 N–H and O–H groups in total. The fourth-order valence-electron chi connectivity index (χ4n) is 2.28. The maximum atomic E-state index is 13.7. The number of aromatic amines is 1. The van der Waals surface area contributed by atoms with E-state index in [1.54, 1.807) is 48.7 Å². The smallest absolute Gasteiger partial charge is 0.286 e. The van der Waals surface area contributed by atoms with E-state index in [0.717, 1.165) is 0 Å². The van der Waals surface area contributed by atoms with E-state index in [-0.39, 0.29) is 18.1 Å². The van der Waals surface area contributed by atoms with Crippen molar-refractivity contribution in [2.24, 2.45) is 0 Å². The van der Waals surface area contributed by atoms with Crippen molar-refractivity contribution in [3.63, 3.8) is 0 Å². The lowest BCUT2D eigenvalue weighted by molar-refractivity contribution is -0.121. The highest BCUT2D eigenvalue weighted by molar-refractivity contribution is 5.93. The minimum Gasteiger partial charge on any atom is -0.461 e. The lowest BCUT2D eigenvalue weighted by Crippen LogP contribution is -2.41. The second kappa shape index (κ2) is 7.48. The first-order valence-corrected chi connectivity index (χ1v) is 7.69. The van der Waals surface area contributed by atoms with E-state index in [1.807, 2.05) is 0 Å². The van der Waals surface area contributed by atoms with Gasteiger partial charge in [-0.3, -0.25) is 20.4 Å². The number of carbonyl (C=O) groups excluding carboxylic acids is 2. The van der Waals surface area contributed by atoms with Gasteiger partial charge < -0.3 is 9.40 Å². The Labute approximate surface area is 143 Å². The predicted molar refractivity (Wildman–Crippen MR) is 88.8 cm³/mol. The molecule has 6 nitrogen and oxygen atoms in total. The van der Waals surface area contributed by atoms with Gasteiger partial charge in [0.1, 0.15) is 23.0 Å². The lowest BCUT2D eigenvalue weighted by atomic mass is 10.1. The van der Waals surface area contributed by atoms with Crippen LogP contribution >= 0.6 is 0 Å². The zero-order valence-corrected chi connectivity index (χ0v) is 13.2. The third-order valence-electron chi connectivity index (χ3n) is 3.56. The van der Waals surface area contributed by atoms with Crippen LogP contribution in [-0.4, -0.2) is 16.8 Å². The summed E-state index contributed by atoms with van der Waals surface area (Å²) in [5, 5.41) is 0. The number of rotatable bonds is 5. The topological polar surface area (TPSA) is 87.1 Å². The molecule has 0 aliphatic carbocycles. The van der Waals surface area contributed by atoms with E-state index in [1.165, 1.54) is 6.07 Å². The predicted octanol–water partition coefficient (Wildman–Crippen LogP) is 2.81. The molecule has 0 spiro atoms. The van der Waals surface area contributed by atoms with Gasteiger partial charge >= 0.3 is 0 Å². The van der Waals surface area contributed by atoms with Crippen LogP contribution in [0.3, 0.4) is 0 Å². The second-order valence-electron chi connectivity index (χ2n) is 5.33. The molecule has 2 heterocycles. The molecule has 3 aromatic rings. The molecule has 0 unspecified atom stereocenters. The van der Waals surface area contributed by atoms with Gasteiger partial charge in [0.2, 0.25) is 5.91 Å². The van der Waals surface area contributed by atoms with Gasteiger partial charge in [-0.15, -0.1) is 0 Å². The molecule has 0 fully saturated rings. The summed E-state index contributed by atoms with van der Waals surface area (Å²) in [5.41, 5.74) is 5.36. The second-order valence-corrected chi connectivity index (χ2v) is 5.33. The fourth-order valence-corrected chi connectivity index (χ4v) is 2.28. The van der Waals surface area contributed by atoms with E-state index >= 15 is 0 Å². The zero-order valence-electron chi connectivity index (χ0n) is 13.2. The van der Waals surface area contributed by atoms with Crippen LogP contribution in [0.25, 0.3) is 11.3 Å². The molecule has 0 bridgehead atoms. The Balaban J connectivity index is 1.50. The summed E-state index contributed by atoms with van der Waals surface area (Å²) in [6.07, 6.45) is 2.06. The Hall–Kier alpha value is -3.35. The Morgan fingerprint density at radius 2 is 1.88 bits per heavy atom. The number of hydrogen-bond acceptors (Lipinski definition) is 3. The normalized spacial score (nSPS) is 10.4. The molecule has 0 atom stereocenters. The molecular formula is C18H16FN3O3. The SMILES string of the molecule is O=C(CCc1ccc(-c2ccccc2F)o1)NNC(=O)c1ccc[nH]1. The quantitative estimate of drug-likeness (QED) is 0.624. The maximum Gasteiger partial charge on any atom is 0.286 e. The molecule has 0 aliphatic rings. The highest BCUT2D eigenvalue weighted by atomic mass is 19.1. The van der Waals surface area contributed by atoms with E-state index < -0.39 is 5.91 Å². The molecule has 0 radical (unpaired) electrons. The van der Waals surface area contributed by atoms with Crippen LogP contribution in [0, 0.1) is 5.82 Å². The summed E-state index contributed by atoms with van der Waals surface area (Å²) in [4.78, 5) is 26.2. The van der Waals surface area contributed by atoms with E-state index in [4.69, 9.17) is 4.42 Å². The van der Waals surface area contributed by atoms with Crippen molar-refractivity contribution in [2.75, 3.05) is 0 Å². The first-order valence-electron chi connectivity index (χ1n) is 7.69. The number of aryl methyl sites for hydroxylation is 1. The number of H-pyrrole nitrogens is 1. The highest BCUT2D eigenvalue weighted by Gasteiger charge is 2.11.